The van der Waals surface area contributed by atoms with Crippen molar-refractivity contribution >= 4 is 23.0 Å². The van der Waals surface area contributed by atoms with Crippen molar-refractivity contribution in [1.82, 2.24) is 4.90 Å². The monoisotopic (exact) mass is 421 g/mol. The Morgan fingerprint density at radius 1 is 1.06 bits per heavy atom. The van der Waals surface area contributed by atoms with Gasteiger partial charge in [0.1, 0.15) is 23.1 Å². The maximum atomic E-state index is 12.6. The number of nitrogens with zero attached hydrogens (tertiary/aromatic N) is 3. The maximum absolute atomic E-state index is 12.6. The second-order valence-electron chi connectivity index (χ2n) is 7.17. The topological polar surface area (TPSA) is 89.9 Å². The van der Waals surface area contributed by atoms with Gasteiger partial charge in [0, 0.05) is 49.8 Å². The van der Waals surface area contributed by atoms with Gasteiger partial charge in [0.15, 0.2) is 0 Å². The molecule has 8 nitrogen and oxygen atoms in total. The fourth-order valence-corrected chi connectivity index (χ4v) is 3.24. The zero-order valence-corrected chi connectivity index (χ0v) is 18.0. The minimum absolute atomic E-state index is 0.0620. The molecule has 0 saturated carbocycles. The van der Waals surface area contributed by atoms with Crippen molar-refractivity contribution in [2.24, 2.45) is 0 Å². The number of rotatable bonds is 7. The zero-order chi connectivity index (χ0) is 22.2. The first-order valence-electron chi connectivity index (χ1n) is 9.97. The summed E-state index contributed by atoms with van der Waals surface area (Å²) in [6, 6.07) is 14.9. The lowest BCUT2D eigenvalue weighted by atomic mass is 10.2. The summed E-state index contributed by atoms with van der Waals surface area (Å²) in [4.78, 5) is 17.2. The number of ether oxygens (including phenoxy) is 2. The van der Waals surface area contributed by atoms with Crippen LogP contribution in [-0.2, 0) is 4.79 Å². The molecule has 8 heteroatoms. The highest BCUT2D eigenvalue weighted by atomic mass is 16.5. The molecule has 1 amide bonds. The van der Waals surface area contributed by atoms with E-state index in [2.05, 4.69) is 27.5 Å². The van der Waals surface area contributed by atoms with Crippen molar-refractivity contribution in [1.29, 1.82) is 5.26 Å². The van der Waals surface area contributed by atoms with E-state index in [0.29, 0.717) is 17.2 Å². The van der Waals surface area contributed by atoms with Crippen LogP contribution in [0.5, 0.6) is 11.5 Å². The smallest absolute Gasteiger partial charge is 0.267 e. The van der Waals surface area contributed by atoms with Gasteiger partial charge in [0.25, 0.3) is 5.91 Å². The molecule has 3 rings (SSSR count). The van der Waals surface area contributed by atoms with Crippen LogP contribution in [0.1, 0.15) is 0 Å². The number of amides is 1. The lowest BCUT2D eigenvalue weighted by molar-refractivity contribution is -0.112. The van der Waals surface area contributed by atoms with Crippen molar-refractivity contribution < 1.29 is 14.3 Å². The van der Waals surface area contributed by atoms with Crippen molar-refractivity contribution in [2.45, 2.75) is 0 Å². The molecule has 0 spiro atoms. The zero-order valence-electron chi connectivity index (χ0n) is 18.0. The molecule has 2 N–H and O–H groups in total. The largest absolute Gasteiger partial charge is 0.497 e. The Balaban J connectivity index is 1.65. The van der Waals surface area contributed by atoms with E-state index in [1.54, 1.807) is 18.2 Å². The Morgan fingerprint density at radius 3 is 2.39 bits per heavy atom. The van der Waals surface area contributed by atoms with Crippen LogP contribution < -0.4 is 25.0 Å². The second-order valence-corrected chi connectivity index (χ2v) is 7.17. The van der Waals surface area contributed by atoms with Gasteiger partial charge in [-0.25, -0.2) is 0 Å². The maximum Gasteiger partial charge on any atom is 0.267 e. The average Bonchev–Trinajstić information content (AvgIpc) is 2.80. The molecule has 0 radical (unpaired) electrons. The summed E-state index contributed by atoms with van der Waals surface area (Å²) in [5, 5.41) is 15.1. The first kappa shape index (κ1) is 22.0. The summed E-state index contributed by atoms with van der Waals surface area (Å²) in [6.07, 6.45) is 1.40. The second kappa shape index (κ2) is 10.4. The molecule has 31 heavy (non-hydrogen) atoms. The van der Waals surface area contributed by atoms with Gasteiger partial charge in [-0.15, -0.1) is 0 Å². The van der Waals surface area contributed by atoms with Crippen LogP contribution in [-0.4, -0.2) is 58.3 Å². The van der Waals surface area contributed by atoms with Gasteiger partial charge in [-0.2, -0.15) is 5.26 Å². The van der Waals surface area contributed by atoms with Crippen LogP contribution in [0.2, 0.25) is 0 Å². The van der Waals surface area contributed by atoms with Crippen LogP contribution in [0.4, 0.5) is 17.1 Å². The standard InChI is InChI=1S/C23H27N5O3/c1-27-10-12-28(13-11-27)19-6-4-18(5-7-19)25-16-17(15-24)23(29)26-21-14-20(30-2)8-9-22(21)31-3/h4-9,14,16,25H,10-13H2,1-3H3,(H,26,29)/b17-16-. The van der Waals surface area contributed by atoms with Crippen molar-refractivity contribution in [2.75, 3.05) is 63.0 Å². The summed E-state index contributed by atoms with van der Waals surface area (Å²) in [6.45, 7) is 4.08. The molecule has 1 fully saturated rings. The molecule has 162 valence electrons. The van der Waals surface area contributed by atoms with E-state index in [9.17, 15) is 10.1 Å². The van der Waals surface area contributed by atoms with Crippen LogP contribution in [0, 0.1) is 11.3 Å². The Bertz CT molecular complexity index is 974. The number of piperazine rings is 1. The molecular weight excluding hydrogens is 394 g/mol. The van der Waals surface area contributed by atoms with Crippen molar-refractivity contribution in [3.8, 4) is 17.6 Å². The van der Waals surface area contributed by atoms with Crippen LogP contribution in [0.3, 0.4) is 0 Å². The van der Waals surface area contributed by atoms with E-state index in [-0.39, 0.29) is 5.57 Å². The Morgan fingerprint density at radius 2 is 1.77 bits per heavy atom. The van der Waals surface area contributed by atoms with Crippen molar-refractivity contribution in [3.63, 3.8) is 0 Å². The number of methoxy groups -OCH3 is 2. The minimum atomic E-state index is -0.546. The molecule has 0 bridgehead atoms. The lowest BCUT2D eigenvalue weighted by Gasteiger charge is -2.34. The summed E-state index contributed by atoms with van der Waals surface area (Å²) < 4.78 is 10.4. The van der Waals surface area contributed by atoms with E-state index < -0.39 is 5.91 Å². The molecule has 2 aromatic carbocycles. The normalized spacial score (nSPS) is 14.5. The molecule has 0 aliphatic carbocycles. The third-order valence-corrected chi connectivity index (χ3v) is 5.14. The molecule has 0 unspecified atom stereocenters. The average molecular weight is 422 g/mol. The Kier molecular flexibility index (Phi) is 7.35. The van der Waals surface area contributed by atoms with E-state index in [0.717, 1.165) is 37.6 Å². The van der Waals surface area contributed by atoms with Crippen LogP contribution in [0.25, 0.3) is 0 Å². The number of nitrogens with one attached hydrogen (secondary N) is 2. The summed E-state index contributed by atoms with van der Waals surface area (Å²) >= 11 is 0. The molecule has 1 aliphatic rings. The van der Waals surface area contributed by atoms with Crippen molar-refractivity contribution in [3.05, 3.63) is 54.2 Å². The molecule has 0 aromatic heterocycles. The number of carbonyl (C=O) groups is 1. The quantitative estimate of drug-likeness (QED) is 0.525. The fraction of sp³-hybridized carbons (Fsp3) is 0.304. The van der Waals surface area contributed by atoms with E-state index in [4.69, 9.17) is 9.47 Å². The number of hydrogen-bond acceptors (Lipinski definition) is 7. The fourth-order valence-electron chi connectivity index (χ4n) is 3.24. The summed E-state index contributed by atoms with van der Waals surface area (Å²) in [5.41, 5.74) is 2.31. The lowest BCUT2D eigenvalue weighted by Crippen LogP contribution is -2.44. The van der Waals surface area contributed by atoms with Gasteiger partial charge in [-0.05, 0) is 43.4 Å². The minimum Gasteiger partial charge on any atom is -0.497 e. The number of benzene rings is 2. The Hall–Kier alpha value is -3.70. The first-order chi connectivity index (χ1) is 15.0. The Labute approximate surface area is 182 Å². The van der Waals surface area contributed by atoms with E-state index >= 15 is 0 Å². The highest BCUT2D eigenvalue weighted by Gasteiger charge is 2.15. The third-order valence-electron chi connectivity index (χ3n) is 5.14. The molecule has 2 aromatic rings. The molecular formula is C23H27N5O3. The van der Waals surface area contributed by atoms with Gasteiger partial charge in [-0.3, -0.25) is 4.79 Å². The molecule has 1 aliphatic heterocycles. The van der Waals surface area contributed by atoms with E-state index in [1.165, 1.54) is 20.4 Å². The van der Waals surface area contributed by atoms with Crippen LogP contribution in [0.15, 0.2) is 54.2 Å². The van der Waals surface area contributed by atoms with Crippen LogP contribution >= 0.6 is 0 Å². The predicted molar refractivity (Wildman–Crippen MR) is 122 cm³/mol. The number of hydrogen-bond donors (Lipinski definition) is 2. The summed E-state index contributed by atoms with van der Waals surface area (Å²) in [5.74, 6) is 0.492. The molecule has 1 heterocycles. The first-order valence-corrected chi connectivity index (χ1v) is 9.97. The third kappa shape index (κ3) is 5.68. The SMILES string of the molecule is COc1ccc(OC)c(NC(=O)/C(C#N)=C\Nc2ccc(N3CCN(C)CC3)cc2)c1. The number of anilines is 3. The van der Waals surface area contributed by atoms with Gasteiger partial charge >= 0.3 is 0 Å². The van der Waals surface area contributed by atoms with Gasteiger partial charge < -0.3 is 29.9 Å². The predicted octanol–water partition coefficient (Wildman–Crippen LogP) is 2.91. The van der Waals surface area contributed by atoms with Gasteiger partial charge in [-0.1, -0.05) is 0 Å². The van der Waals surface area contributed by atoms with Gasteiger partial charge in [0.05, 0.1) is 19.9 Å². The molecule has 0 atom stereocenters. The number of carbonyl (C=O) groups excluding carboxylic acids is 1. The van der Waals surface area contributed by atoms with E-state index in [1.807, 2.05) is 30.3 Å². The highest BCUT2D eigenvalue weighted by molar-refractivity contribution is 6.07. The summed E-state index contributed by atoms with van der Waals surface area (Å²) in [7, 11) is 5.17. The number of nitriles is 1. The highest BCUT2D eigenvalue weighted by Crippen LogP contribution is 2.29. The van der Waals surface area contributed by atoms with Gasteiger partial charge in [0.2, 0.25) is 0 Å². The molecule has 1 saturated heterocycles. The number of likely N-dealkylation sites (N-methyl/N-ethyl adjacent to an activating group) is 1.